The van der Waals surface area contributed by atoms with Crippen molar-refractivity contribution in [3.05, 3.63) is 60.7 Å². The van der Waals surface area contributed by atoms with Crippen molar-refractivity contribution >= 4 is 50.4 Å². The maximum atomic E-state index is 13.5. The van der Waals surface area contributed by atoms with Crippen LogP contribution in [0.1, 0.15) is 19.8 Å². The summed E-state index contributed by atoms with van der Waals surface area (Å²) >= 11 is 0. The van der Waals surface area contributed by atoms with Crippen LogP contribution in [0.5, 0.6) is 0 Å². The molecule has 0 radical (unpaired) electrons. The average molecular weight is 407 g/mol. The summed E-state index contributed by atoms with van der Waals surface area (Å²) in [5.74, 6) is -1.33. The molecular weight excluding hydrogens is 384 g/mol. The average Bonchev–Trinajstić information content (AvgIpc) is 2.83. The second-order valence-electron chi connectivity index (χ2n) is 7.14. The minimum Gasteiger partial charge on any atom is -0.323 e. The van der Waals surface area contributed by atoms with Crippen molar-refractivity contribution < 1.29 is 13.8 Å². The topological polar surface area (TPSA) is 66.5 Å². The highest BCUT2D eigenvalue weighted by Crippen LogP contribution is 2.41. The summed E-state index contributed by atoms with van der Waals surface area (Å²) in [5.41, 5.74) is 1.86. The Morgan fingerprint density at radius 1 is 1.03 bits per heavy atom. The Balaban J connectivity index is 1.98. The Kier molecular flexibility index (Phi) is 5.20. The van der Waals surface area contributed by atoms with Gasteiger partial charge in [-0.3, -0.25) is 18.7 Å². The predicted molar refractivity (Wildman–Crippen MR) is 117 cm³/mol. The third-order valence-electron chi connectivity index (χ3n) is 5.22. The highest BCUT2D eigenvalue weighted by molar-refractivity contribution is 7.84. The normalized spacial score (nSPS) is 17.6. The van der Waals surface area contributed by atoms with Crippen LogP contribution < -0.4 is 10.2 Å². The molecule has 1 aliphatic rings. The molecule has 3 aromatic carbocycles. The van der Waals surface area contributed by atoms with Crippen LogP contribution in [-0.4, -0.2) is 22.3 Å². The van der Waals surface area contributed by atoms with Gasteiger partial charge in [-0.15, -0.1) is 0 Å². The lowest BCUT2D eigenvalue weighted by atomic mass is 10.0. The van der Waals surface area contributed by atoms with Gasteiger partial charge in [-0.05, 0) is 36.1 Å². The summed E-state index contributed by atoms with van der Waals surface area (Å²) in [6, 6.07) is 18.7. The molecular formula is C23H22N2O3S. The van der Waals surface area contributed by atoms with Gasteiger partial charge in [0.25, 0.3) is 0 Å². The molecule has 6 heteroatoms. The number of nitrogens with one attached hydrogen (secondary N) is 1. The van der Waals surface area contributed by atoms with Crippen LogP contribution in [0, 0.1) is 5.92 Å². The summed E-state index contributed by atoms with van der Waals surface area (Å²) in [7, 11) is -1.18. The minimum absolute atomic E-state index is 0.266. The first-order valence-corrected chi connectivity index (χ1v) is 11.2. The monoisotopic (exact) mass is 406 g/mol. The number of anilines is 3. The standard InChI is InChI=1S/C23H22N2O3S/c1-3-7-19-22(26)24-21-18-11-5-4-8-15(18)12-13-20(21)25(23(19)27)16-9-6-10-17(14-16)29(2)28/h4-6,8-14,19H,3,7H2,1-2H3,(H,24,26). The molecule has 0 fully saturated rings. The summed E-state index contributed by atoms with van der Waals surface area (Å²) < 4.78 is 12.0. The maximum Gasteiger partial charge on any atom is 0.244 e. The summed E-state index contributed by atoms with van der Waals surface area (Å²) in [4.78, 5) is 28.7. The van der Waals surface area contributed by atoms with Crippen molar-refractivity contribution in [3.63, 3.8) is 0 Å². The van der Waals surface area contributed by atoms with Gasteiger partial charge in [0, 0.05) is 27.3 Å². The number of hydrogen-bond acceptors (Lipinski definition) is 3. The molecule has 1 N–H and O–H groups in total. The van der Waals surface area contributed by atoms with Crippen LogP contribution in [0.25, 0.3) is 10.8 Å². The van der Waals surface area contributed by atoms with E-state index in [2.05, 4.69) is 5.32 Å². The van der Waals surface area contributed by atoms with E-state index in [1.165, 1.54) is 0 Å². The molecule has 1 aliphatic heterocycles. The van der Waals surface area contributed by atoms with Gasteiger partial charge >= 0.3 is 0 Å². The van der Waals surface area contributed by atoms with Gasteiger partial charge in [-0.1, -0.05) is 49.7 Å². The van der Waals surface area contributed by atoms with Crippen molar-refractivity contribution in [2.75, 3.05) is 16.5 Å². The molecule has 2 atom stereocenters. The lowest BCUT2D eigenvalue weighted by Gasteiger charge is -2.25. The molecule has 0 bridgehead atoms. The third kappa shape index (κ3) is 3.44. The van der Waals surface area contributed by atoms with Gasteiger partial charge in [-0.25, -0.2) is 0 Å². The second-order valence-corrected chi connectivity index (χ2v) is 8.52. The fraction of sp³-hybridized carbons (Fsp3) is 0.217. The van der Waals surface area contributed by atoms with E-state index in [-0.39, 0.29) is 11.8 Å². The second kappa shape index (κ2) is 7.79. The fourth-order valence-corrected chi connectivity index (χ4v) is 4.34. The van der Waals surface area contributed by atoms with Gasteiger partial charge in [0.1, 0.15) is 5.92 Å². The van der Waals surface area contributed by atoms with Crippen LogP contribution in [0.4, 0.5) is 17.1 Å². The zero-order valence-electron chi connectivity index (χ0n) is 16.3. The molecule has 1 heterocycles. The van der Waals surface area contributed by atoms with Crippen molar-refractivity contribution in [2.45, 2.75) is 24.7 Å². The van der Waals surface area contributed by atoms with Gasteiger partial charge in [0.2, 0.25) is 11.8 Å². The van der Waals surface area contributed by atoms with Crippen LogP contribution >= 0.6 is 0 Å². The van der Waals surface area contributed by atoms with Gasteiger partial charge in [-0.2, -0.15) is 0 Å². The first-order chi connectivity index (χ1) is 14.0. The van der Waals surface area contributed by atoms with Crippen LogP contribution in [0.3, 0.4) is 0 Å². The summed E-state index contributed by atoms with van der Waals surface area (Å²) in [6.45, 7) is 1.96. The smallest absolute Gasteiger partial charge is 0.244 e. The quantitative estimate of drug-likeness (QED) is 0.644. The van der Waals surface area contributed by atoms with Gasteiger partial charge in [0.15, 0.2) is 0 Å². The largest absolute Gasteiger partial charge is 0.323 e. The third-order valence-corrected chi connectivity index (χ3v) is 6.13. The Morgan fingerprint density at radius 2 is 1.83 bits per heavy atom. The van der Waals surface area contributed by atoms with E-state index < -0.39 is 16.7 Å². The first kappa shape index (κ1) is 19.3. The van der Waals surface area contributed by atoms with E-state index in [1.54, 1.807) is 29.4 Å². The SMILES string of the molecule is CCCC1C(=O)Nc2c(ccc3ccccc23)N(c2cccc(S(C)=O)c2)C1=O. The molecule has 0 aliphatic carbocycles. The number of rotatable bonds is 4. The number of carbonyl (C=O) groups excluding carboxylic acids is 2. The van der Waals surface area contributed by atoms with Crippen molar-refractivity contribution in [1.82, 2.24) is 0 Å². The number of nitrogens with zero attached hydrogens (tertiary/aromatic N) is 1. The Hall–Kier alpha value is -2.99. The van der Waals surface area contributed by atoms with Crippen molar-refractivity contribution in [2.24, 2.45) is 5.92 Å². The molecule has 3 aromatic rings. The highest BCUT2D eigenvalue weighted by Gasteiger charge is 2.37. The van der Waals surface area contributed by atoms with Crippen LogP contribution in [-0.2, 0) is 20.4 Å². The van der Waals surface area contributed by atoms with E-state index >= 15 is 0 Å². The van der Waals surface area contributed by atoms with Crippen LogP contribution in [0.15, 0.2) is 65.6 Å². The van der Waals surface area contributed by atoms with Crippen molar-refractivity contribution in [3.8, 4) is 0 Å². The molecule has 2 amide bonds. The lowest BCUT2D eigenvalue weighted by molar-refractivity contribution is -0.130. The maximum absolute atomic E-state index is 13.5. The Morgan fingerprint density at radius 3 is 2.59 bits per heavy atom. The molecule has 2 unspecified atom stereocenters. The van der Waals surface area contributed by atoms with Crippen LogP contribution in [0.2, 0.25) is 0 Å². The van der Waals surface area contributed by atoms with E-state index in [9.17, 15) is 13.8 Å². The Bertz CT molecular complexity index is 1140. The molecule has 5 nitrogen and oxygen atoms in total. The van der Waals surface area contributed by atoms with E-state index in [1.807, 2.05) is 49.4 Å². The zero-order chi connectivity index (χ0) is 20.5. The molecule has 4 rings (SSSR count). The Labute approximate surface area is 172 Å². The molecule has 0 saturated heterocycles. The summed E-state index contributed by atoms with van der Waals surface area (Å²) in [6.07, 6.45) is 2.79. The number of amides is 2. The van der Waals surface area contributed by atoms with E-state index in [4.69, 9.17) is 0 Å². The molecule has 29 heavy (non-hydrogen) atoms. The van der Waals surface area contributed by atoms with Gasteiger partial charge < -0.3 is 5.32 Å². The number of benzene rings is 3. The lowest BCUT2D eigenvalue weighted by Crippen LogP contribution is -2.36. The first-order valence-electron chi connectivity index (χ1n) is 9.61. The minimum atomic E-state index is -1.18. The van der Waals surface area contributed by atoms with E-state index in [0.717, 1.165) is 10.8 Å². The zero-order valence-corrected chi connectivity index (χ0v) is 17.2. The van der Waals surface area contributed by atoms with E-state index in [0.29, 0.717) is 34.8 Å². The molecule has 0 spiro atoms. The van der Waals surface area contributed by atoms with Gasteiger partial charge in [0.05, 0.1) is 17.1 Å². The number of hydrogen-bond donors (Lipinski definition) is 1. The number of fused-ring (bicyclic) bond motifs is 3. The number of carbonyl (C=O) groups is 2. The molecule has 0 aromatic heterocycles. The summed E-state index contributed by atoms with van der Waals surface area (Å²) in [5, 5.41) is 4.87. The fourth-order valence-electron chi connectivity index (χ4n) is 3.79. The molecule has 148 valence electrons. The van der Waals surface area contributed by atoms with Crippen molar-refractivity contribution in [1.29, 1.82) is 0 Å². The predicted octanol–water partition coefficient (Wildman–Crippen LogP) is 4.61. The highest BCUT2D eigenvalue weighted by atomic mass is 32.2. The molecule has 0 saturated carbocycles.